The molecule has 0 spiro atoms. The molecule has 2 atom stereocenters. The van der Waals surface area contributed by atoms with E-state index in [2.05, 4.69) is 21.2 Å². The van der Waals surface area contributed by atoms with E-state index < -0.39 is 11.9 Å². The molecule has 6 heteroatoms. The number of amides is 1. The Labute approximate surface area is 131 Å². The van der Waals surface area contributed by atoms with Gasteiger partial charge in [-0.25, -0.2) is 0 Å². The molecule has 2 unspecified atom stereocenters. The van der Waals surface area contributed by atoms with Crippen LogP contribution in [0.25, 0.3) is 0 Å². The summed E-state index contributed by atoms with van der Waals surface area (Å²) >= 11 is 3.30. The van der Waals surface area contributed by atoms with Gasteiger partial charge < -0.3 is 10.4 Å². The van der Waals surface area contributed by atoms with Crippen molar-refractivity contribution in [1.29, 1.82) is 5.26 Å². The first-order chi connectivity index (χ1) is 10.0. The highest BCUT2D eigenvalue weighted by atomic mass is 79.9. The average Bonchev–Trinajstić information content (AvgIpc) is 2.47. The number of carbonyl (C=O) groups is 2. The number of carbonyl (C=O) groups excluding carboxylic acids is 1. The standard InChI is InChI=1S/C15H15BrN2O3/c16-12-5-4-11(8-17)13(7-12)18-14(19)9-2-1-3-10(6-9)15(20)21/h4-5,7,9-10H,1-3,6H2,(H,18,19)(H,20,21). The summed E-state index contributed by atoms with van der Waals surface area (Å²) in [7, 11) is 0. The van der Waals surface area contributed by atoms with Crippen molar-refractivity contribution in [3.05, 3.63) is 28.2 Å². The highest BCUT2D eigenvalue weighted by Gasteiger charge is 2.31. The Hall–Kier alpha value is -1.87. The van der Waals surface area contributed by atoms with Crippen molar-refractivity contribution in [2.24, 2.45) is 11.8 Å². The van der Waals surface area contributed by atoms with Gasteiger partial charge in [-0.05, 0) is 37.5 Å². The van der Waals surface area contributed by atoms with Crippen LogP contribution in [0.4, 0.5) is 5.69 Å². The van der Waals surface area contributed by atoms with Gasteiger partial charge in [-0.15, -0.1) is 0 Å². The van der Waals surface area contributed by atoms with Crippen LogP contribution >= 0.6 is 15.9 Å². The molecule has 1 amide bonds. The molecule has 110 valence electrons. The smallest absolute Gasteiger partial charge is 0.306 e. The summed E-state index contributed by atoms with van der Waals surface area (Å²) < 4.78 is 0.767. The number of aliphatic carboxylic acids is 1. The molecule has 0 saturated heterocycles. The molecule has 1 saturated carbocycles. The summed E-state index contributed by atoms with van der Waals surface area (Å²) in [4.78, 5) is 23.3. The Morgan fingerprint density at radius 3 is 2.71 bits per heavy atom. The van der Waals surface area contributed by atoms with Gasteiger partial charge in [-0.1, -0.05) is 22.4 Å². The molecule has 0 radical (unpaired) electrons. The van der Waals surface area contributed by atoms with Crippen LogP contribution in [0.3, 0.4) is 0 Å². The lowest BCUT2D eigenvalue weighted by atomic mass is 9.81. The second-order valence-electron chi connectivity index (χ2n) is 5.19. The predicted molar refractivity (Wildman–Crippen MR) is 80.6 cm³/mol. The Morgan fingerprint density at radius 1 is 1.33 bits per heavy atom. The molecule has 5 nitrogen and oxygen atoms in total. The van der Waals surface area contributed by atoms with E-state index in [1.807, 2.05) is 6.07 Å². The Balaban J connectivity index is 2.09. The van der Waals surface area contributed by atoms with Gasteiger partial charge in [0.2, 0.25) is 5.91 Å². The third-order valence-corrected chi connectivity index (χ3v) is 4.25. The molecule has 0 bridgehead atoms. The van der Waals surface area contributed by atoms with Crippen LogP contribution in [0.1, 0.15) is 31.2 Å². The number of halogens is 1. The zero-order valence-corrected chi connectivity index (χ0v) is 12.9. The summed E-state index contributed by atoms with van der Waals surface area (Å²) in [5.74, 6) is -1.82. The maximum Gasteiger partial charge on any atom is 0.306 e. The van der Waals surface area contributed by atoms with Gasteiger partial charge in [0.25, 0.3) is 0 Å². The fourth-order valence-electron chi connectivity index (χ4n) is 2.60. The average molecular weight is 351 g/mol. The van der Waals surface area contributed by atoms with E-state index in [-0.39, 0.29) is 11.8 Å². The molecule has 0 aliphatic heterocycles. The fourth-order valence-corrected chi connectivity index (χ4v) is 2.97. The quantitative estimate of drug-likeness (QED) is 0.875. The first kappa shape index (κ1) is 15.5. The highest BCUT2D eigenvalue weighted by Crippen LogP contribution is 2.31. The van der Waals surface area contributed by atoms with Gasteiger partial charge in [0.05, 0.1) is 17.2 Å². The lowest BCUT2D eigenvalue weighted by molar-refractivity contribution is -0.143. The van der Waals surface area contributed by atoms with E-state index in [4.69, 9.17) is 10.4 Å². The predicted octanol–water partition coefficient (Wildman–Crippen LogP) is 3.15. The zero-order valence-electron chi connectivity index (χ0n) is 11.3. The van der Waals surface area contributed by atoms with Gasteiger partial charge in [-0.3, -0.25) is 9.59 Å². The van der Waals surface area contributed by atoms with Crippen molar-refractivity contribution in [1.82, 2.24) is 0 Å². The molecule has 21 heavy (non-hydrogen) atoms. The van der Waals surface area contributed by atoms with Crippen LogP contribution in [0.2, 0.25) is 0 Å². The van der Waals surface area contributed by atoms with E-state index in [1.165, 1.54) is 0 Å². The van der Waals surface area contributed by atoms with E-state index in [0.29, 0.717) is 30.5 Å². The van der Waals surface area contributed by atoms with Crippen LogP contribution in [-0.4, -0.2) is 17.0 Å². The normalized spacial score (nSPS) is 21.3. The molecule has 1 fully saturated rings. The molecular formula is C15H15BrN2O3. The number of anilines is 1. The number of nitrogens with zero attached hydrogens (tertiary/aromatic N) is 1. The van der Waals surface area contributed by atoms with Crippen molar-refractivity contribution < 1.29 is 14.7 Å². The van der Waals surface area contributed by atoms with E-state index in [9.17, 15) is 9.59 Å². The second kappa shape index (κ2) is 6.72. The number of nitriles is 1. The lowest BCUT2D eigenvalue weighted by Gasteiger charge is -2.25. The largest absolute Gasteiger partial charge is 0.481 e. The summed E-state index contributed by atoms with van der Waals surface area (Å²) in [5.41, 5.74) is 0.839. The van der Waals surface area contributed by atoms with E-state index in [0.717, 1.165) is 10.9 Å². The van der Waals surface area contributed by atoms with Gasteiger partial charge in [0.1, 0.15) is 6.07 Å². The SMILES string of the molecule is N#Cc1ccc(Br)cc1NC(=O)C1CCCC(C(=O)O)C1. The summed E-state index contributed by atoms with van der Waals surface area (Å²) in [6, 6.07) is 7.06. The minimum atomic E-state index is -0.840. The van der Waals surface area contributed by atoms with Crippen LogP contribution in [0.15, 0.2) is 22.7 Å². The molecule has 0 heterocycles. The van der Waals surface area contributed by atoms with Crippen molar-refractivity contribution in [2.75, 3.05) is 5.32 Å². The molecule has 0 aromatic heterocycles. The van der Waals surface area contributed by atoms with Crippen molar-refractivity contribution in [3.8, 4) is 6.07 Å². The Bertz CT molecular complexity index is 609. The molecule has 1 aliphatic rings. The Morgan fingerprint density at radius 2 is 2.05 bits per heavy atom. The molecular weight excluding hydrogens is 336 g/mol. The van der Waals surface area contributed by atoms with E-state index in [1.54, 1.807) is 18.2 Å². The second-order valence-corrected chi connectivity index (χ2v) is 6.11. The van der Waals surface area contributed by atoms with Crippen molar-refractivity contribution in [3.63, 3.8) is 0 Å². The summed E-state index contributed by atoms with van der Waals surface area (Å²) in [6.45, 7) is 0. The van der Waals surface area contributed by atoms with Gasteiger partial charge in [-0.2, -0.15) is 5.26 Å². The first-order valence-corrected chi connectivity index (χ1v) is 7.54. The van der Waals surface area contributed by atoms with Gasteiger partial charge in [0, 0.05) is 10.4 Å². The number of carboxylic acids is 1. The number of nitrogens with one attached hydrogen (secondary N) is 1. The maximum absolute atomic E-state index is 12.3. The molecule has 1 aromatic carbocycles. The highest BCUT2D eigenvalue weighted by molar-refractivity contribution is 9.10. The topological polar surface area (TPSA) is 90.2 Å². The molecule has 1 aromatic rings. The summed E-state index contributed by atoms with van der Waals surface area (Å²) in [6.07, 6.45) is 2.40. The molecule has 1 aliphatic carbocycles. The number of rotatable bonds is 3. The van der Waals surface area contributed by atoms with Crippen LogP contribution in [0.5, 0.6) is 0 Å². The van der Waals surface area contributed by atoms with Gasteiger partial charge >= 0.3 is 5.97 Å². The molecule has 2 N–H and O–H groups in total. The summed E-state index contributed by atoms with van der Waals surface area (Å²) in [5, 5.41) is 20.9. The first-order valence-electron chi connectivity index (χ1n) is 6.74. The third kappa shape index (κ3) is 3.82. The number of benzene rings is 1. The zero-order chi connectivity index (χ0) is 15.4. The minimum absolute atomic E-state index is 0.212. The van der Waals surface area contributed by atoms with Crippen molar-refractivity contribution in [2.45, 2.75) is 25.7 Å². The fraction of sp³-hybridized carbons (Fsp3) is 0.400. The third-order valence-electron chi connectivity index (χ3n) is 3.75. The van der Waals surface area contributed by atoms with Crippen molar-refractivity contribution >= 4 is 33.5 Å². The monoisotopic (exact) mass is 350 g/mol. The number of carboxylic acid groups (broad SMARTS) is 1. The number of hydrogen-bond acceptors (Lipinski definition) is 3. The number of hydrogen-bond donors (Lipinski definition) is 2. The Kier molecular flexibility index (Phi) is 4.97. The van der Waals surface area contributed by atoms with Crippen LogP contribution < -0.4 is 5.32 Å². The molecule has 2 rings (SSSR count). The van der Waals surface area contributed by atoms with E-state index >= 15 is 0 Å². The maximum atomic E-state index is 12.3. The lowest BCUT2D eigenvalue weighted by Crippen LogP contribution is -2.31. The minimum Gasteiger partial charge on any atom is -0.481 e. The van der Waals surface area contributed by atoms with Crippen LogP contribution in [-0.2, 0) is 9.59 Å². The van der Waals surface area contributed by atoms with Crippen LogP contribution in [0, 0.1) is 23.2 Å². The van der Waals surface area contributed by atoms with Gasteiger partial charge in [0.15, 0.2) is 0 Å².